The third-order valence-electron chi connectivity index (χ3n) is 30.8. The van der Waals surface area contributed by atoms with Gasteiger partial charge in [-0.15, -0.1) is 0 Å². The molecule has 0 N–H and O–H groups in total. The maximum Gasteiger partial charge on any atom is 0.179 e. The van der Waals surface area contributed by atoms with Gasteiger partial charge in [0.15, 0.2) is 8.07 Å². The van der Waals surface area contributed by atoms with Crippen LogP contribution in [0.3, 0.4) is 0 Å². The van der Waals surface area contributed by atoms with Crippen molar-refractivity contribution in [1.82, 2.24) is 18.3 Å². The maximum absolute atomic E-state index is 2.80. The molecule has 0 amide bonds. The summed E-state index contributed by atoms with van der Waals surface area (Å²) in [7, 11) is -2.80. The summed E-state index contributed by atoms with van der Waals surface area (Å²) >= 11 is 0. The SMILES string of the molecule is CC(C)(C)c1cc2ccc3c(-c4ccc(-n5c6ccccc6c6cc(-c7ccccc7)ccc65)cc4)cc(-c4ccc(-n5c6ccccc6c6cc(-c7ccccc7)ccc65)cc4)c4ccc(c1)c2c34.c1ccc([Si](c2ccccc2)(c2ccccc2)c2cc3ccc4c(-c5ccc(-n6c7ccccc7c7ccccc76)cc5)cc(-c5ccc(-n6c7ccccc7c7ccccc76)cc5)c5ccc(c2)c3c45)cc1. The molecular formula is C138H94N4Si. The van der Waals surface area contributed by atoms with Crippen LogP contribution in [0.15, 0.2) is 516 Å². The summed E-state index contributed by atoms with van der Waals surface area (Å²) in [6.45, 7) is 6.93. The zero-order valence-corrected chi connectivity index (χ0v) is 80.4. The van der Waals surface area contributed by atoms with Gasteiger partial charge in [-0.2, -0.15) is 0 Å². The normalized spacial score (nSPS) is 12.2. The van der Waals surface area contributed by atoms with Crippen LogP contribution in [0.1, 0.15) is 26.3 Å². The van der Waals surface area contributed by atoms with Crippen LogP contribution >= 0.6 is 0 Å². The van der Waals surface area contributed by atoms with Crippen LogP contribution in [0.2, 0.25) is 0 Å². The van der Waals surface area contributed by atoms with Crippen molar-refractivity contribution in [2.24, 2.45) is 0 Å². The molecule has 25 aromatic carbocycles. The summed E-state index contributed by atoms with van der Waals surface area (Å²) in [5.74, 6) is 0. The quantitative estimate of drug-likeness (QED) is 0.0587. The Morgan fingerprint density at radius 2 is 0.385 bits per heavy atom. The minimum atomic E-state index is -2.80. The van der Waals surface area contributed by atoms with E-state index < -0.39 is 8.07 Å². The van der Waals surface area contributed by atoms with E-state index in [2.05, 4.69) is 555 Å². The van der Waals surface area contributed by atoms with Gasteiger partial charge in [-0.3, -0.25) is 0 Å². The Balaban J connectivity index is 0.000000140. The van der Waals surface area contributed by atoms with Gasteiger partial charge >= 0.3 is 0 Å². The highest BCUT2D eigenvalue weighted by Gasteiger charge is 2.42. The summed E-state index contributed by atoms with van der Waals surface area (Å²) in [6.07, 6.45) is 0. The number of hydrogen-bond acceptors (Lipinski definition) is 0. The van der Waals surface area contributed by atoms with Gasteiger partial charge in [0.25, 0.3) is 0 Å². The second-order valence-electron chi connectivity index (χ2n) is 39.7. The molecule has 670 valence electrons. The van der Waals surface area contributed by atoms with Crippen LogP contribution in [0.4, 0.5) is 0 Å². The summed E-state index contributed by atoms with van der Waals surface area (Å²) in [4.78, 5) is 0. The van der Waals surface area contributed by atoms with Crippen LogP contribution < -0.4 is 20.7 Å². The Labute approximate surface area is 829 Å². The first-order valence-electron chi connectivity index (χ1n) is 49.8. The summed E-state index contributed by atoms with van der Waals surface area (Å²) < 4.78 is 9.66. The third kappa shape index (κ3) is 13.3. The van der Waals surface area contributed by atoms with Crippen LogP contribution in [0.5, 0.6) is 0 Å². The Bertz CT molecular complexity index is 9370. The van der Waals surface area contributed by atoms with Gasteiger partial charge in [-0.1, -0.05) is 415 Å². The minimum absolute atomic E-state index is 0.0331. The average molecular weight is 1840 g/mol. The van der Waals surface area contributed by atoms with E-state index in [-0.39, 0.29) is 5.41 Å². The second kappa shape index (κ2) is 33.1. The van der Waals surface area contributed by atoms with E-state index in [0.717, 1.165) is 22.7 Å². The molecule has 0 spiro atoms. The summed E-state index contributed by atoms with van der Waals surface area (Å²) in [6, 6.07) is 193. The van der Waals surface area contributed by atoms with Gasteiger partial charge in [0.1, 0.15) is 0 Å². The molecule has 0 bridgehead atoms. The van der Waals surface area contributed by atoms with Crippen molar-refractivity contribution in [3.63, 3.8) is 0 Å². The predicted octanol–water partition coefficient (Wildman–Crippen LogP) is 34.2. The average Bonchev–Trinajstić information content (AvgIpc) is 1.58. The van der Waals surface area contributed by atoms with Gasteiger partial charge in [-0.05, 0) is 284 Å². The molecule has 0 radical (unpaired) electrons. The molecule has 0 aliphatic rings. The van der Waals surface area contributed by atoms with E-state index in [0.29, 0.717) is 0 Å². The number of hydrogen-bond donors (Lipinski definition) is 0. The number of nitrogens with zero attached hydrogens (tertiary/aromatic N) is 4. The standard InChI is InChI=1S/C70H46N2Si.C68H48N2/c1-4-18-53(19-5-1)73(54-20-6-2-7-21-54,55-22-8-3-9-23-55)56-44-49-36-42-61-63(47-32-38-51(39-33-47)71-65-28-14-10-24-57(65)58-25-11-15-29-66(58)71)46-64(62-43-37-50(45-56)69(49)70(61)62)48-34-40-52(41-35-48)72-67-30-16-12-26-59(67)60-27-13-17-31-68(60)72;1-68(2,3)51-38-49-26-34-56-58(45-22-30-52(31-23-45)69-62-20-12-10-18-54(62)60-40-47(28-36-64(60)69)43-14-6-4-7-15-43)42-59(57-35-27-50(39-51)66(49)67(56)57)46-24-32-53(33-25-46)70-63-21-13-11-19-55(63)61-41-48(29-37-65(61)70)44-16-8-5-9-17-44/h1-46H;4-42H,1-3H3. The number of fused-ring (bicyclic) bond motifs is 12. The Kier molecular flexibility index (Phi) is 19.3. The Morgan fingerprint density at radius 3 is 0.657 bits per heavy atom. The Hall–Kier alpha value is -18.0. The highest BCUT2D eigenvalue weighted by molar-refractivity contribution is 7.20. The van der Waals surface area contributed by atoms with Crippen molar-refractivity contribution in [2.75, 3.05) is 0 Å². The van der Waals surface area contributed by atoms with Gasteiger partial charge in [0.2, 0.25) is 0 Å². The van der Waals surface area contributed by atoms with Crippen molar-refractivity contribution in [3.05, 3.63) is 521 Å². The second-order valence-corrected chi connectivity index (χ2v) is 43.5. The van der Waals surface area contributed by atoms with Crippen molar-refractivity contribution in [3.8, 4) is 89.5 Å². The Morgan fingerprint density at radius 1 is 0.154 bits per heavy atom. The van der Waals surface area contributed by atoms with Crippen LogP contribution in [0, 0.1) is 0 Å². The number of benzene rings is 25. The largest absolute Gasteiger partial charge is 0.309 e. The lowest BCUT2D eigenvalue weighted by atomic mass is 9.81. The van der Waals surface area contributed by atoms with E-state index >= 15 is 0 Å². The van der Waals surface area contributed by atoms with Crippen molar-refractivity contribution in [2.45, 2.75) is 26.2 Å². The number of rotatable bonds is 14. The van der Waals surface area contributed by atoms with Gasteiger partial charge < -0.3 is 18.3 Å². The summed E-state index contributed by atoms with van der Waals surface area (Å²) in [5, 5.41) is 31.0. The molecule has 0 saturated carbocycles. The number of aromatic nitrogens is 4. The van der Waals surface area contributed by atoms with E-state index in [4.69, 9.17) is 0 Å². The van der Waals surface area contributed by atoms with Gasteiger partial charge in [-0.25, -0.2) is 0 Å². The minimum Gasteiger partial charge on any atom is -0.309 e. The molecule has 29 rings (SSSR count). The monoisotopic (exact) mass is 1830 g/mol. The van der Waals surface area contributed by atoms with E-state index in [9.17, 15) is 0 Å². The molecule has 0 atom stereocenters. The topological polar surface area (TPSA) is 19.7 Å². The van der Waals surface area contributed by atoms with E-state index in [1.165, 1.54) is 245 Å². The molecule has 0 fully saturated rings. The van der Waals surface area contributed by atoms with Gasteiger partial charge in [0, 0.05) is 65.8 Å². The molecule has 0 saturated heterocycles. The van der Waals surface area contributed by atoms with E-state index in [1.54, 1.807) is 0 Å². The highest BCUT2D eigenvalue weighted by atomic mass is 28.3. The molecule has 143 heavy (non-hydrogen) atoms. The third-order valence-corrected chi connectivity index (χ3v) is 35.6. The first-order chi connectivity index (χ1) is 70.6. The first-order valence-corrected chi connectivity index (χ1v) is 51.8. The zero-order valence-electron chi connectivity index (χ0n) is 79.4. The van der Waals surface area contributed by atoms with Crippen molar-refractivity contribution >= 4 is 181 Å². The molecule has 4 aromatic heterocycles. The lowest BCUT2D eigenvalue weighted by Gasteiger charge is -2.35. The molecule has 4 heterocycles. The molecule has 0 aliphatic carbocycles. The molecule has 5 heteroatoms. The fourth-order valence-electron chi connectivity index (χ4n) is 24.2. The lowest BCUT2D eigenvalue weighted by Crippen LogP contribution is -2.74. The zero-order chi connectivity index (χ0) is 94.7. The van der Waals surface area contributed by atoms with Crippen LogP contribution in [-0.2, 0) is 5.41 Å². The molecule has 0 unspecified atom stereocenters. The van der Waals surface area contributed by atoms with E-state index in [1.807, 2.05) is 0 Å². The van der Waals surface area contributed by atoms with Crippen LogP contribution in [0.25, 0.3) is 241 Å². The first kappa shape index (κ1) is 83.2. The highest BCUT2D eigenvalue weighted by Crippen LogP contribution is 2.50. The molecular weight excluding hydrogens is 1740 g/mol. The van der Waals surface area contributed by atoms with Crippen LogP contribution in [-0.4, -0.2) is 26.3 Å². The van der Waals surface area contributed by atoms with Crippen molar-refractivity contribution in [1.29, 1.82) is 0 Å². The maximum atomic E-state index is 2.54. The molecule has 0 aliphatic heterocycles. The fourth-order valence-corrected chi connectivity index (χ4v) is 29.0. The van der Waals surface area contributed by atoms with Gasteiger partial charge in [0.05, 0.1) is 44.1 Å². The van der Waals surface area contributed by atoms with Crippen molar-refractivity contribution < 1.29 is 0 Å². The number of para-hydroxylation sites is 6. The predicted molar refractivity (Wildman–Crippen MR) is 613 cm³/mol. The smallest absolute Gasteiger partial charge is 0.179 e. The molecule has 4 nitrogen and oxygen atoms in total. The summed E-state index contributed by atoms with van der Waals surface area (Å²) in [5.41, 5.74) is 30.2. The fraction of sp³-hybridized carbons (Fsp3) is 0.0290. The molecule has 29 aromatic rings. The lowest BCUT2D eigenvalue weighted by molar-refractivity contribution is 0.591.